The van der Waals surface area contributed by atoms with Crippen LogP contribution in [0.25, 0.3) is 22.1 Å². The number of benzene rings is 2. The largest absolute Gasteiger partial charge is 0.444 e. The van der Waals surface area contributed by atoms with E-state index in [1.54, 1.807) is 6.20 Å². The number of nitrogens with one attached hydrogen (secondary N) is 1. The zero-order valence-corrected chi connectivity index (χ0v) is 15.3. The summed E-state index contributed by atoms with van der Waals surface area (Å²) in [4.78, 5) is 21.3. The number of fused-ring (bicyclic) bond motifs is 2. The second kappa shape index (κ2) is 7.02. The standard InChI is InChI=1S/C23H19N3O2/c27-22(16-2-1-15-5-6-24-11-20(15)7-16)10-21-9-19-8-17(23-13-25-14-28-23)3-4-18(19)12-26-21/h1-4,7-9,12-14,24H,5-6,10-11H2. The molecule has 4 aromatic rings. The van der Waals surface area contributed by atoms with E-state index in [4.69, 9.17) is 4.42 Å². The highest BCUT2D eigenvalue weighted by Gasteiger charge is 2.14. The van der Waals surface area contributed by atoms with Crippen molar-refractivity contribution in [3.63, 3.8) is 0 Å². The van der Waals surface area contributed by atoms with Crippen molar-refractivity contribution in [2.45, 2.75) is 19.4 Å². The number of rotatable bonds is 4. The van der Waals surface area contributed by atoms with Crippen LogP contribution in [0.4, 0.5) is 0 Å². The molecule has 28 heavy (non-hydrogen) atoms. The maximum absolute atomic E-state index is 12.8. The summed E-state index contributed by atoms with van der Waals surface area (Å²) < 4.78 is 5.38. The number of Topliss-reactive ketones (excluding diaryl/α,β-unsaturated/α-hetero) is 1. The fourth-order valence-electron chi connectivity index (χ4n) is 3.72. The first-order valence-corrected chi connectivity index (χ1v) is 9.39. The molecule has 5 rings (SSSR count). The first-order chi connectivity index (χ1) is 13.8. The minimum absolute atomic E-state index is 0.0895. The predicted octanol–water partition coefficient (Wildman–Crippen LogP) is 3.96. The number of pyridine rings is 1. The maximum Gasteiger partial charge on any atom is 0.181 e. The van der Waals surface area contributed by atoms with Gasteiger partial charge in [0.15, 0.2) is 17.9 Å². The van der Waals surface area contributed by atoms with Crippen LogP contribution in [0.15, 0.2) is 65.7 Å². The Hall–Kier alpha value is -3.31. The van der Waals surface area contributed by atoms with Gasteiger partial charge in [-0.15, -0.1) is 0 Å². The highest BCUT2D eigenvalue weighted by molar-refractivity contribution is 5.98. The molecule has 0 saturated carbocycles. The molecule has 0 spiro atoms. The average molecular weight is 369 g/mol. The lowest BCUT2D eigenvalue weighted by molar-refractivity contribution is 0.0992. The van der Waals surface area contributed by atoms with Gasteiger partial charge < -0.3 is 9.73 Å². The fourth-order valence-corrected chi connectivity index (χ4v) is 3.72. The summed E-state index contributed by atoms with van der Waals surface area (Å²) in [6.45, 7) is 1.83. The number of carbonyl (C=O) groups excluding carboxylic acids is 1. The van der Waals surface area contributed by atoms with Gasteiger partial charge >= 0.3 is 0 Å². The molecule has 1 N–H and O–H groups in total. The van der Waals surface area contributed by atoms with Gasteiger partial charge in [-0.05, 0) is 47.7 Å². The Morgan fingerprint density at radius 2 is 2.00 bits per heavy atom. The summed E-state index contributed by atoms with van der Waals surface area (Å²) in [5.74, 6) is 0.811. The van der Waals surface area contributed by atoms with Crippen LogP contribution in [-0.2, 0) is 19.4 Å². The van der Waals surface area contributed by atoms with Crippen LogP contribution in [0, 0.1) is 0 Å². The molecule has 0 aliphatic carbocycles. The highest BCUT2D eigenvalue weighted by atomic mass is 16.3. The molecule has 0 fully saturated rings. The molecular weight excluding hydrogens is 350 g/mol. The van der Waals surface area contributed by atoms with Gasteiger partial charge in [0.2, 0.25) is 0 Å². The van der Waals surface area contributed by atoms with Crippen molar-refractivity contribution in [1.82, 2.24) is 15.3 Å². The molecule has 2 aromatic carbocycles. The number of carbonyl (C=O) groups is 1. The van der Waals surface area contributed by atoms with E-state index in [9.17, 15) is 4.79 Å². The van der Waals surface area contributed by atoms with E-state index in [1.807, 2.05) is 42.6 Å². The van der Waals surface area contributed by atoms with Gasteiger partial charge in [-0.2, -0.15) is 0 Å². The summed E-state index contributed by atoms with van der Waals surface area (Å²) in [7, 11) is 0. The first kappa shape index (κ1) is 16.8. The first-order valence-electron chi connectivity index (χ1n) is 9.39. The second-order valence-electron chi connectivity index (χ2n) is 7.11. The summed E-state index contributed by atoms with van der Waals surface area (Å²) in [5.41, 5.74) is 5.03. The lowest BCUT2D eigenvalue weighted by atomic mass is 9.96. The van der Waals surface area contributed by atoms with Crippen LogP contribution in [-0.4, -0.2) is 22.3 Å². The molecule has 0 amide bonds. The van der Waals surface area contributed by atoms with Crippen molar-refractivity contribution in [3.05, 3.63) is 83.6 Å². The Morgan fingerprint density at radius 3 is 2.89 bits per heavy atom. The summed E-state index contributed by atoms with van der Waals surface area (Å²) >= 11 is 0. The molecule has 2 aromatic heterocycles. The molecule has 1 aliphatic rings. The van der Waals surface area contributed by atoms with E-state index in [0.29, 0.717) is 0 Å². The van der Waals surface area contributed by atoms with Crippen LogP contribution in [0.5, 0.6) is 0 Å². The smallest absolute Gasteiger partial charge is 0.181 e. The SMILES string of the molecule is O=C(Cc1cc2cc(-c3cnco3)ccc2cn1)c1ccc2c(c1)CNCC2. The third-order valence-corrected chi connectivity index (χ3v) is 5.25. The van der Waals surface area contributed by atoms with Crippen molar-refractivity contribution >= 4 is 16.6 Å². The lowest BCUT2D eigenvalue weighted by Gasteiger charge is -2.17. The minimum atomic E-state index is 0.0895. The Morgan fingerprint density at radius 1 is 1.04 bits per heavy atom. The normalized spacial score (nSPS) is 13.4. The van der Waals surface area contributed by atoms with Gasteiger partial charge in [-0.1, -0.05) is 24.3 Å². The van der Waals surface area contributed by atoms with Crippen LogP contribution in [0.1, 0.15) is 27.2 Å². The Labute approximate surface area is 162 Å². The molecule has 5 heteroatoms. The second-order valence-corrected chi connectivity index (χ2v) is 7.11. The number of oxazole rings is 1. The Bertz CT molecular complexity index is 1170. The number of aromatic nitrogens is 2. The van der Waals surface area contributed by atoms with Crippen molar-refractivity contribution in [1.29, 1.82) is 0 Å². The Kier molecular flexibility index (Phi) is 4.22. The molecule has 138 valence electrons. The number of hydrogen-bond donors (Lipinski definition) is 1. The van der Waals surface area contributed by atoms with Crippen LogP contribution < -0.4 is 5.32 Å². The lowest BCUT2D eigenvalue weighted by Crippen LogP contribution is -2.24. The quantitative estimate of drug-likeness (QED) is 0.552. The predicted molar refractivity (Wildman–Crippen MR) is 107 cm³/mol. The van der Waals surface area contributed by atoms with Gasteiger partial charge in [-0.25, -0.2) is 4.98 Å². The zero-order chi connectivity index (χ0) is 18.9. The molecule has 3 heterocycles. The molecule has 0 saturated heterocycles. The van der Waals surface area contributed by atoms with E-state index in [1.165, 1.54) is 17.5 Å². The number of nitrogens with zero attached hydrogens (tertiary/aromatic N) is 2. The van der Waals surface area contributed by atoms with Crippen molar-refractivity contribution in [2.75, 3.05) is 6.54 Å². The topological polar surface area (TPSA) is 68.0 Å². The van der Waals surface area contributed by atoms with Crippen molar-refractivity contribution < 1.29 is 9.21 Å². The van der Waals surface area contributed by atoms with Crippen molar-refractivity contribution in [3.8, 4) is 11.3 Å². The van der Waals surface area contributed by atoms with Crippen LogP contribution >= 0.6 is 0 Å². The number of hydrogen-bond acceptors (Lipinski definition) is 5. The third-order valence-electron chi connectivity index (χ3n) is 5.25. The van der Waals surface area contributed by atoms with E-state index in [2.05, 4.69) is 21.4 Å². The van der Waals surface area contributed by atoms with Gasteiger partial charge in [0, 0.05) is 34.9 Å². The van der Waals surface area contributed by atoms with E-state index in [-0.39, 0.29) is 12.2 Å². The Balaban J connectivity index is 1.42. The molecule has 0 unspecified atom stereocenters. The molecule has 0 atom stereocenters. The molecule has 1 aliphatic heterocycles. The van der Waals surface area contributed by atoms with E-state index in [0.717, 1.165) is 52.9 Å². The molecule has 5 nitrogen and oxygen atoms in total. The third kappa shape index (κ3) is 3.21. The van der Waals surface area contributed by atoms with E-state index < -0.39 is 0 Å². The fraction of sp³-hybridized carbons (Fsp3) is 0.174. The van der Waals surface area contributed by atoms with E-state index >= 15 is 0 Å². The monoisotopic (exact) mass is 369 g/mol. The molecular formula is C23H19N3O2. The average Bonchev–Trinajstić information content (AvgIpc) is 3.28. The van der Waals surface area contributed by atoms with Gasteiger partial charge in [0.1, 0.15) is 0 Å². The number of ketones is 1. The van der Waals surface area contributed by atoms with Gasteiger partial charge in [0.25, 0.3) is 0 Å². The summed E-state index contributed by atoms with van der Waals surface area (Å²) in [6, 6.07) is 14.0. The van der Waals surface area contributed by atoms with Crippen LogP contribution in [0.2, 0.25) is 0 Å². The minimum Gasteiger partial charge on any atom is -0.444 e. The zero-order valence-electron chi connectivity index (χ0n) is 15.3. The summed E-state index contributed by atoms with van der Waals surface area (Å²) in [5, 5.41) is 5.41. The highest BCUT2D eigenvalue weighted by Crippen LogP contribution is 2.25. The van der Waals surface area contributed by atoms with Gasteiger partial charge in [0.05, 0.1) is 12.6 Å². The summed E-state index contributed by atoms with van der Waals surface area (Å²) in [6.07, 6.45) is 6.24. The maximum atomic E-state index is 12.8. The van der Waals surface area contributed by atoms with Crippen LogP contribution in [0.3, 0.4) is 0 Å². The molecule has 0 radical (unpaired) electrons. The molecule has 0 bridgehead atoms. The van der Waals surface area contributed by atoms with Crippen molar-refractivity contribution in [2.24, 2.45) is 0 Å². The van der Waals surface area contributed by atoms with Gasteiger partial charge in [-0.3, -0.25) is 9.78 Å².